The highest BCUT2D eigenvalue weighted by Crippen LogP contribution is 2.20. The summed E-state index contributed by atoms with van der Waals surface area (Å²) in [5.41, 5.74) is 1.27. The molecule has 0 radical (unpaired) electrons. The lowest BCUT2D eigenvalue weighted by Gasteiger charge is -2.22. The molecule has 1 unspecified atom stereocenters. The lowest BCUT2D eigenvalue weighted by Crippen LogP contribution is -2.23. The van der Waals surface area contributed by atoms with Crippen molar-refractivity contribution in [3.63, 3.8) is 0 Å². The fourth-order valence-corrected chi connectivity index (χ4v) is 3.73. The molecule has 1 atom stereocenters. The van der Waals surface area contributed by atoms with Crippen LogP contribution in [-0.4, -0.2) is 43.6 Å². The summed E-state index contributed by atoms with van der Waals surface area (Å²) in [6.07, 6.45) is 6.29. The van der Waals surface area contributed by atoms with Crippen LogP contribution >= 0.6 is 11.8 Å². The van der Waals surface area contributed by atoms with Gasteiger partial charge in [0.1, 0.15) is 12.2 Å². The van der Waals surface area contributed by atoms with Crippen molar-refractivity contribution in [2.75, 3.05) is 25.6 Å². The Kier molecular flexibility index (Phi) is 11.3. The van der Waals surface area contributed by atoms with Gasteiger partial charge in [0.25, 0.3) is 0 Å². The van der Waals surface area contributed by atoms with Crippen molar-refractivity contribution in [2.24, 2.45) is 0 Å². The third kappa shape index (κ3) is 9.71. The van der Waals surface area contributed by atoms with Gasteiger partial charge in [-0.15, -0.1) is 11.8 Å². The number of carbonyl (C=O) groups is 2. The van der Waals surface area contributed by atoms with Gasteiger partial charge in [-0.3, -0.25) is 9.59 Å². The maximum absolute atomic E-state index is 11.4. The number of unbranched alkanes of at least 4 members (excludes halogenated alkanes) is 1. The van der Waals surface area contributed by atoms with E-state index in [9.17, 15) is 9.59 Å². The van der Waals surface area contributed by atoms with E-state index in [0.717, 1.165) is 44.5 Å². The standard InChI is InChI=1S/C22H32O5S/c1-2-19(23)17-21(24)25-13-5-6-16-28-20-10-8-18(9-11-20)12-15-27-22-7-3-4-14-26-22/h8-11,22H,2-7,12-17H2,1H3. The number of hydrogen-bond donors (Lipinski definition) is 0. The zero-order chi connectivity index (χ0) is 20.0. The molecule has 0 amide bonds. The van der Waals surface area contributed by atoms with Crippen molar-refractivity contribution < 1.29 is 23.8 Å². The predicted octanol–water partition coefficient (Wildman–Crippen LogP) is 4.56. The third-order valence-electron chi connectivity index (χ3n) is 4.56. The molecule has 0 N–H and O–H groups in total. The molecule has 0 aliphatic carbocycles. The van der Waals surface area contributed by atoms with Crippen molar-refractivity contribution >= 4 is 23.5 Å². The number of rotatable bonds is 13. The van der Waals surface area contributed by atoms with Gasteiger partial charge in [0.05, 0.1) is 13.2 Å². The van der Waals surface area contributed by atoms with Crippen LogP contribution in [0.2, 0.25) is 0 Å². The summed E-state index contributed by atoms with van der Waals surface area (Å²) in [5.74, 6) is 0.499. The lowest BCUT2D eigenvalue weighted by molar-refractivity contribution is -0.161. The highest BCUT2D eigenvalue weighted by atomic mass is 32.2. The smallest absolute Gasteiger partial charge is 0.313 e. The Labute approximate surface area is 172 Å². The van der Waals surface area contributed by atoms with Crippen LogP contribution in [0.5, 0.6) is 0 Å². The molecule has 1 saturated heterocycles. The average molecular weight is 409 g/mol. The largest absolute Gasteiger partial charge is 0.465 e. The van der Waals surface area contributed by atoms with Gasteiger partial charge in [-0.2, -0.15) is 0 Å². The number of carbonyl (C=O) groups excluding carboxylic acids is 2. The van der Waals surface area contributed by atoms with E-state index in [-0.39, 0.29) is 18.5 Å². The van der Waals surface area contributed by atoms with Crippen molar-refractivity contribution in [1.29, 1.82) is 0 Å². The second kappa shape index (κ2) is 13.7. The Hall–Kier alpha value is -1.37. The van der Waals surface area contributed by atoms with Crippen LogP contribution in [0.15, 0.2) is 29.2 Å². The first-order valence-corrected chi connectivity index (χ1v) is 11.3. The van der Waals surface area contributed by atoms with Crippen molar-refractivity contribution in [1.82, 2.24) is 0 Å². The number of Topliss-reactive ketones (excluding diaryl/α,β-unsaturated/α-hetero) is 1. The van der Waals surface area contributed by atoms with E-state index in [0.29, 0.717) is 19.6 Å². The Morgan fingerprint density at radius 1 is 1.14 bits per heavy atom. The molecule has 1 aliphatic rings. The fraction of sp³-hybridized carbons (Fsp3) is 0.636. The summed E-state index contributed by atoms with van der Waals surface area (Å²) in [5, 5.41) is 0. The normalized spacial score (nSPS) is 16.7. The van der Waals surface area contributed by atoms with Crippen LogP contribution in [0.1, 0.15) is 57.4 Å². The summed E-state index contributed by atoms with van der Waals surface area (Å²) in [6.45, 7) is 3.65. The average Bonchev–Trinajstić information content (AvgIpc) is 2.72. The van der Waals surface area contributed by atoms with E-state index in [1.807, 2.05) is 0 Å². The Morgan fingerprint density at radius 2 is 1.96 bits per heavy atom. The van der Waals surface area contributed by atoms with Gasteiger partial charge in [0, 0.05) is 17.9 Å². The molecule has 0 bridgehead atoms. The number of ketones is 1. The number of thioether (sulfide) groups is 1. The first kappa shape index (κ1) is 22.9. The minimum atomic E-state index is -0.408. The number of esters is 1. The summed E-state index contributed by atoms with van der Waals surface area (Å²) in [6, 6.07) is 8.60. The Morgan fingerprint density at radius 3 is 2.68 bits per heavy atom. The lowest BCUT2D eigenvalue weighted by atomic mass is 10.1. The number of hydrogen-bond acceptors (Lipinski definition) is 6. The molecule has 1 heterocycles. The van der Waals surface area contributed by atoms with Crippen LogP contribution in [0.3, 0.4) is 0 Å². The zero-order valence-electron chi connectivity index (χ0n) is 16.8. The van der Waals surface area contributed by atoms with E-state index < -0.39 is 5.97 Å². The van der Waals surface area contributed by atoms with E-state index in [1.54, 1.807) is 18.7 Å². The maximum atomic E-state index is 11.4. The second-order valence-corrected chi connectivity index (χ2v) is 8.07. The summed E-state index contributed by atoms with van der Waals surface area (Å²) < 4.78 is 16.4. The molecule has 5 nitrogen and oxygen atoms in total. The fourth-order valence-electron chi connectivity index (χ4n) is 2.82. The molecule has 1 aliphatic heterocycles. The molecule has 2 rings (SSSR count). The minimum absolute atomic E-state index is 0.0185. The first-order valence-electron chi connectivity index (χ1n) is 10.3. The number of benzene rings is 1. The highest BCUT2D eigenvalue weighted by Gasteiger charge is 2.13. The molecule has 1 aromatic carbocycles. The van der Waals surface area contributed by atoms with Crippen LogP contribution < -0.4 is 0 Å². The van der Waals surface area contributed by atoms with Crippen LogP contribution in [0.25, 0.3) is 0 Å². The molecule has 1 fully saturated rings. The predicted molar refractivity (Wildman–Crippen MR) is 111 cm³/mol. The van der Waals surface area contributed by atoms with E-state index in [2.05, 4.69) is 24.3 Å². The van der Waals surface area contributed by atoms with Crippen LogP contribution in [0, 0.1) is 0 Å². The molecule has 6 heteroatoms. The maximum Gasteiger partial charge on any atom is 0.313 e. The van der Waals surface area contributed by atoms with Crippen LogP contribution in [-0.2, 0) is 30.2 Å². The van der Waals surface area contributed by atoms with Crippen molar-refractivity contribution in [2.45, 2.75) is 69.5 Å². The molecule has 0 aromatic heterocycles. The summed E-state index contributed by atoms with van der Waals surface area (Å²) in [7, 11) is 0. The Balaban J connectivity index is 1.51. The van der Waals surface area contributed by atoms with Gasteiger partial charge in [0.2, 0.25) is 0 Å². The third-order valence-corrected chi connectivity index (χ3v) is 5.66. The minimum Gasteiger partial charge on any atom is -0.465 e. The Bertz CT molecular complexity index is 581. The molecule has 156 valence electrons. The molecule has 1 aromatic rings. The van der Waals surface area contributed by atoms with Gasteiger partial charge in [-0.1, -0.05) is 19.1 Å². The van der Waals surface area contributed by atoms with Crippen molar-refractivity contribution in [3.8, 4) is 0 Å². The summed E-state index contributed by atoms with van der Waals surface area (Å²) in [4.78, 5) is 23.8. The molecule has 0 spiro atoms. The van der Waals surface area contributed by atoms with E-state index in [4.69, 9.17) is 14.2 Å². The van der Waals surface area contributed by atoms with Gasteiger partial charge in [-0.05, 0) is 62.0 Å². The SMILES string of the molecule is CCC(=O)CC(=O)OCCCCSc1ccc(CCOC2CCCCO2)cc1. The van der Waals surface area contributed by atoms with Gasteiger partial charge in [-0.25, -0.2) is 0 Å². The highest BCUT2D eigenvalue weighted by molar-refractivity contribution is 7.99. The molecule has 28 heavy (non-hydrogen) atoms. The van der Waals surface area contributed by atoms with Crippen molar-refractivity contribution in [3.05, 3.63) is 29.8 Å². The topological polar surface area (TPSA) is 61.8 Å². The molecular weight excluding hydrogens is 376 g/mol. The molecular formula is C22H32O5S. The summed E-state index contributed by atoms with van der Waals surface area (Å²) >= 11 is 1.80. The van der Waals surface area contributed by atoms with E-state index in [1.165, 1.54) is 16.9 Å². The van der Waals surface area contributed by atoms with Gasteiger partial charge < -0.3 is 14.2 Å². The van der Waals surface area contributed by atoms with E-state index >= 15 is 0 Å². The second-order valence-electron chi connectivity index (χ2n) is 6.91. The first-order chi connectivity index (χ1) is 13.7. The molecule has 0 saturated carbocycles. The van der Waals surface area contributed by atoms with Crippen LogP contribution in [0.4, 0.5) is 0 Å². The quantitative estimate of drug-likeness (QED) is 0.206. The monoisotopic (exact) mass is 408 g/mol. The van der Waals surface area contributed by atoms with Gasteiger partial charge in [0.15, 0.2) is 6.29 Å². The van der Waals surface area contributed by atoms with Gasteiger partial charge >= 0.3 is 5.97 Å². The number of ether oxygens (including phenoxy) is 3. The zero-order valence-corrected chi connectivity index (χ0v) is 17.6.